The number of aliphatic carboxylic acids is 1. The molecule has 2 aromatic rings. The van der Waals surface area contributed by atoms with Crippen LogP contribution in [0.4, 0.5) is 23.4 Å². The highest BCUT2D eigenvalue weighted by Crippen LogP contribution is 2.29. The van der Waals surface area contributed by atoms with Gasteiger partial charge in [-0.2, -0.15) is 18.2 Å². The molecule has 9 nitrogen and oxygen atoms in total. The predicted octanol–water partition coefficient (Wildman–Crippen LogP) is 3.15. The molecule has 0 bridgehead atoms. The monoisotopic (exact) mass is 548 g/mol. The first-order valence-electron chi connectivity index (χ1n) is 11.2. The minimum atomic E-state index is -5.08. The zero-order valence-corrected chi connectivity index (χ0v) is 20.4. The second-order valence-corrected chi connectivity index (χ2v) is 8.67. The van der Waals surface area contributed by atoms with Gasteiger partial charge in [-0.05, 0) is 49.7 Å². The molecule has 4 rings (SSSR count). The molecule has 1 amide bonds. The Balaban J connectivity index is 0.000000479. The second-order valence-electron chi connectivity index (χ2n) is 8.23. The SMILES string of the molecule is COc1nc(N2CC(Oc3ccc(Cl)cc3)C2)c(F)cc1CNC(=O)[C@@H]1CCCN1.O=C(O)C(F)(F)F. The van der Waals surface area contributed by atoms with Gasteiger partial charge in [0.1, 0.15) is 11.9 Å². The number of aromatic nitrogens is 1. The number of carbonyl (C=O) groups excluding carboxylic acids is 1. The molecule has 0 aliphatic carbocycles. The van der Waals surface area contributed by atoms with E-state index in [4.69, 9.17) is 31.0 Å². The minimum absolute atomic E-state index is 0.0590. The fourth-order valence-corrected chi connectivity index (χ4v) is 3.76. The van der Waals surface area contributed by atoms with Crippen LogP contribution in [0, 0.1) is 5.82 Å². The summed E-state index contributed by atoms with van der Waals surface area (Å²) in [6, 6.07) is 8.32. The number of hydrogen-bond donors (Lipinski definition) is 3. The largest absolute Gasteiger partial charge is 0.490 e. The van der Waals surface area contributed by atoms with Crippen molar-refractivity contribution in [3.05, 3.63) is 46.7 Å². The summed E-state index contributed by atoms with van der Waals surface area (Å²) in [7, 11) is 1.48. The quantitative estimate of drug-likeness (QED) is 0.452. The maximum Gasteiger partial charge on any atom is 0.490 e. The van der Waals surface area contributed by atoms with Crippen LogP contribution in [0.15, 0.2) is 30.3 Å². The van der Waals surface area contributed by atoms with Crippen LogP contribution < -0.4 is 25.0 Å². The second kappa shape index (κ2) is 12.3. The van der Waals surface area contributed by atoms with Crippen molar-refractivity contribution >= 4 is 29.3 Å². The van der Waals surface area contributed by atoms with Gasteiger partial charge in [0.05, 0.1) is 26.2 Å². The van der Waals surface area contributed by atoms with E-state index in [1.165, 1.54) is 13.2 Å². The number of carboxylic acid groups (broad SMARTS) is 1. The Labute approximate surface area is 214 Å². The number of hydrogen-bond acceptors (Lipinski definition) is 7. The van der Waals surface area contributed by atoms with Gasteiger partial charge >= 0.3 is 12.1 Å². The highest BCUT2D eigenvalue weighted by atomic mass is 35.5. The van der Waals surface area contributed by atoms with E-state index < -0.39 is 18.0 Å². The Hall–Kier alpha value is -3.32. The number of halogens is 5. The van der Waals surface area contributed by atoms with Gasteiger partial charge in [-0.15, -0.1) is 0 Å². The lowest BCUT2D eigenvalue weighted by molar-refractivity contribution is -0.192. The molecule has 2 fully saturated rings. The number of carbonyl (C=O) groups is 2. The molecule has 14 heteroatoms. The van der Waals surface area contributed by atoms with Gasteiger partial charge in [0, 0.05) is 17.1 Å². The average molecular weight is 549 g/mol. The maximum atomic E-state index is 14.7. The molecule has 0 saturated carbocycles. The smallest absolute Gasteiger partial charge is 0.487 e. The number of nitrogens with one attached hydrogen (secondary N) is 2. The van der Waals surface area contributed by atoms with Crippen LogP contribution in [0.25, 0.3) is 0 Å². The minimum Gasteiger partial charge on any atom is -0.487 e. The van der Waals surface area contributed by atoms with Crippen molar-refractivity contribution in [1.29, 1.82) is 0 Å². The molecule has 0 radical (unpaired) electrons. The van der Waals surface area contributed by atoms with E-state index in [0.29, 0.717) is 29.6 Å². The summed E-state index contributed by atoms with van der Waals surface area (Å²) in [4.78, 5) is 27.2. The van der Waals surface area contributed by atoms with E-state index in [-0.39, 0.29) is 30.4 Å². The van der Waals surface area contributed by atoms with Crippen molar-refractivity contribution in [3.63, 3.8) is 0 Å². The zero-order chi connectivity index (χ0) is 27.2. The van der Waals surface area contributed by atoms with Gasteiger partial charge in [-0.25, -0.2) is 9.18 Å². The topological polar surface area (TPSA) is 113 Å². The van der Waals surface area contributed by atoms with Crippen LogP contribution in [-0.4, -0.2) is 67.0 Å². The third-order valence-corrected chi connectivity index (χ3v) is 5.78. The number of anilines is 1. The van der Waals surface area contributed by atoms with Crippen LogP contribution in [0.3, 0.4) is 0 Å². The number of carboxylic acids is 1. The Morgan fingerprint density at radius 3 is 2.46 bits per heavy atom. The molecule has 0 spiro atoms. The summed E-state index contributed by atoms with van der Waals surface area (Å²) < 4.78 is 57.6. The summed E-state index contributed by atoms with van der Waals surface area (Å²) in [5.74, 6) is -2.07. The van der Waals surface area contributed by atoms with Crippen LogP contribution in [0.1, 0.15) is 18.4 Å². The van der Waals surface area contributed by atoms with E-state index >= 15 is 0 Å². The first-order valence-corrected chi connectivity index (χ1v) is 11.6. The number of amides is 1. The lowest BCUT2D eigenvalue weighted by atomic mass is 10.1. The molecule has 1 atom stereocenters. The number of ether oxygens (including phenoxy) is 2. The molecule has 2 aliphatic heterocycles. The van der Waals surface area contributed by atoms with E-state index in [2.05, 4.69) is 15.6 Å². The van der Waals surface area contributed by atoms with Crippen LogP contribution in [0.2, 0.25) is 5.02 Å². The summed E-state index contributed by atoms with van der Waals surface area (Å²) in [6.45, 7) is 2.02. The van der Waals surface area contributed by atoms with Gasteiger partial charge in [-0.3, -0.25) is 4.79 Å². The highest BCUT2D eigenvalue weighted by molar-refractivity contribution is 6.30. The standard InChI is InChI=1S/C21H24ClFN4O3.C2HF3O2/c1-29-21-13(10-25-20(28)18-3-2-8-24-18)9-17(23)19(26-21)27-11-16(12-27)30-15-6-4-14(22)5-7-15;3-2(4,5)1(6)7/h4-7,9,16,18,24H,2-3,8,10-12H2,1H3,(H,25,28);(H,6,7)/t18-;/m0./s1. The normalized spacial score (nSPS) is 17.4. The van der Waals surface area contributed by atoms with Gasteiger partial charge in [-0.1, -0.05) is 11.6 Å². The molecule has 37 heavy (non-hydrogen) atoms. The fourth-order valence-electron chi connectivity index (χ4n) is 3.63. The summed E-state index contributed by atoms with van der Waals surface area (Å²) >= 11 is 5.88. The Kier molecular flexibility index (Phi) is 9.38. The van der Waals surface area contributed by atoms with Gasteiger partial charge in [0.2, 0.25) is 11.8 Å². The lowest BCUT2D eigenvalue weighted by Gasteiger charge is -2.40. The molecule has 3 N–H and O–H groups in total. The average Bonchev–Trinajstić information content (AvgIpc) is 3.36. The van der Waals surface area contributed by atoms with Gasteiger partial charge in [0.15, 0.2) is 11.6 Å². The van der Waals surface area contributed by atoms with Crippen LogP contribution >= 0.6 is 11.6 Å². The highest BCUT2D eigenvalue weighted by Gasteiger charge is 2.38. The number of methoxy groups -OCH3 is 1. The number of benzene rings is 1. The fraction of sp³-hybridized carbons (Fsp3) is 0.435. The summed E-state index contributed by atoms with van der Waals surface area (Å²) in [6.07, 6.45) is -3.36. The van der Waals surface area contributed by atoms with Crippen molar-refractivity contribution in [2.75, 3.05) is 31.6 Å². The molecule has 2 aliphatic rings. The third kappa shape index (κ3) is 7.83. The lowest BCUT2D eigenvalue weighted by Crippen LogP contribution is -2.54. The van der Waals surface area contributed by atoms with Crippen LogP contribution in [0.5, 0.6) is 11.6 Å². The summed E-state index contributed by atoms with van der Waals surface area (Å²) in [5.41, 5.74) is 0.500. The van der Waals surface area contributed by atoms with Crippen molar-refractivity contribution in [3.8, 4) is 11.6 Å². The van der Waals surface area contributed by atoms with E-state index in [0.717, 1.165) is 25.1 Å². The Morgan fingerprint density at radius 2 is 1.92 bits per heavy atom. The molecule has 202 valence electrons. The molecule has 2 saturated heterocycles. The molecule has 3 heterocycles. The van der Waals surface area contributed by atoms with Crippen molar-refractivity contribution in [2.45, 2.75) is 37.7 Å². The third-order valence-electron chi connectivity index (χ3n) is 5.53. The molecule has 1 aromatic heterocycles. The molecule has 0 unspecified atom stereocenters. The predicted molar refractivity (Wildman–Crippen MR) is 125 cm³/mol. The van der Waals surface area contributed by atoms with E-state index in [1.54, 1.807) is 29.2 Å². The number of alkyl halides is 3. The van der Waals surface area contributed by atoms with E-state index in [1.807, 2.05) is 0 Å². The number of nitrogens with zero attached hydrogens (tertiary/aromatic N) is 2. The molecule has 1 aromatic carbocycles. The van der Waals surface area contributed by atoms with Gasteiger partial charge < -0.3 is 30.1 Å². The van der Waals surface area contributed by atoms with Crippen molar-refractivity contribution in [2.24, 2.45) is 0 Å². The van der Waals surface area contributed by atoms with E-state index in [9.17, 15) is 22.4 Å². The Morgan fingerprint density at radius 1 is 1.27 bits per heavy atom. The summed E-state index contributed by atoms with van der Waals surface area (Å²) in [5, 5.41) is 13.7. The van der Waals surface area contributed by atoms with Crippen molar-refractivity contribution < 1.29 is 41.7 Å². The number of rotatable bonds is 7. The van der Waals surface area contributed by atoms with Gasteiger partial charge in [0.25, 0.3) is 0 Å². The Bertz CT molecular complexity index is 1090. The number of pyridine rings is 1. The molecular formula is C23H25ClF4N4O5. The first-order chi connectivity index (χ1) is 17.5. The molecular weight excluding hydrogens is 524 g/mol. The maximum absolute atomic E-state index is 14.7. The zero-order valence-electron chi connectivity index (χ0n) is 19.6. The van der Waals surface area contributed by atoms with Crippen molar-refractivity contribution in [1.82, 2.24) is 15.6 Å². The first kappa shape index (κ1) is 28.3. The van der Waals surface area contributed by atoms with Crippen LogP contribution in [-0.2, 0) is 16.1 Å².